The Morgan fingerprint density at radius 2 is 1.67 bits per heavy atom. The molecule has 1 aliphatic carbocycles. The molecule has 1 N–H and O–H groups in total. The Labute approximate surface area is 171 Å². The second kappa shape index (κ2) is 8.27. The fourth-order valence-corrected chi connectivity index (χ4v) is 6.38. The van der Waals surface area contributed by atoms with Crippen LogP contribution in [-0.4, -0.2) is 38.4 Å². The van der Waals surface area contributed by atoms with E-state index in [0.717, 1.165) is 32.1 Å². The summed E-state index contributed by atoms with van der Waals surface area (Å²) in [6, 6.07) is 2.61. The highest BCUT2D eigenvalue weighted by molar-refractivity contribution is 7.89. The Morgan fingerprint density at radius 1 is 1.07 bits per heavy atom. The van der Waals surface area contributed by atoms with Crippen LogP contribution >= 0.6 is 23.2 Å². The van der Waals surface area contributed by atoms with Crippen LogP contribution < -0.4 is 4.72 Å². The maximum Gasteiger partial charge on any atom is 0.255 e. The maximum atomic E-state index is 13.0. The summed E-state index contributed by atoms with van der Waals surface area (Å²) >= 11 is 12.4. The highest BCUT2D eigenvalue weighted by Crippen LogP contribution is 2.32. The van der Waals surface area contributed by atoms with Gasteiger partial charge in [0.1, 0.15) is 4.90 Å². The number of nitrogens with zero attached hydrogens (tertiary/aromatic N) is 1. The SMILES string of the molecule is CC1CC(C)CN(C(=O)c2cc(S(=O)(=O)NC3CCCC3)c(Cl)cc2Cl)C1. The summed E-state index contributed by atoms with van der Waals surface area (Å²) in [5.74, 6) is 0.555. The standard InChI is InChI=1S/C19H26Cl2N2O3S/c1-12-7-13(2)11-23(10-12)19(24)15-8-18(17(21)9-16(15)20)27(25,26)22-14-5-3-4-6-14/h8-9,12-14,22H,3-7,10-11H2,1-2H3. The van der Waals surface area contributed by atoms with Gasteiger partial charge in [-0.05, 0) is 43.2 Å². The number of sulfonamides is 1. The molecule has 0 aromatic heterocycles. The van der Waals surface area contributed by atoms with Crippen LogP contribution in [0.3, 0.4) is 0 Å². The molecule has 2 atom stereocenters. The zero-order valence-electron chi connectivity index (χ0n) is 15.7. The molecule has 2 unspecified atom stereocenters. The van der Waals surface area contributed by atoms with Crippen molar-refractivity contribution in [3.05, 3.63) is 27.7 Å². The molecule has 8 heteroatoms. The van der Waals surface area contributed by atoms with Gasteiger partial charge >= 0.3 is 0 Å². The van der Waals surface area contributed by atoms with E-state index in [9.17, 15) is 13.2 Å². The lowest BCUT2D eigenvalue weighted by molar-refractivity contribution is 0.0623. The van der Waals surface area contributed by atoms with Gasteiger partial charge in [0.25, 0.3) is 5.91 Å². The lowest BCUT2D eigenvalue weighted by atomic mass is 9.91. The lowest BCUT2D eigenvalue weighted by Crippen LogP contribution is -2.42. The highest BCUT2D eigenvalue weighted by atomic mass is 35.5. The van der Waals surface area contributed by atoms with E-state index in [4.69, 9.17) is 23.2 Å². The molecule has 1 aliphatic heterocycles. The van der Waals surface area contributed by atoms with Crippen molar-refractivity contribution in [2.75, 3.05) is 13.1 Å². The number of carbonyl (C=O) groups excluding carboxylic acids is 1. The first-order valence-electron chi connectivity index (χ1n) is 9.48. The molecule has 0 radical (unpaired) electrons. The zero-order valence-corrected chi connectivity index (χ0v) is 18.0. The number of amides is 1. The maximum absolute atomic E-state index is 13.0. The molecule has 0 spiro atoms. The molecule has 5 nitrogen and oxygen atoms in total. The monoisotopic (exact) mass is 432 g/mol. The van der Waals surface area contributed by atoms with Crippen LogP contribution in [-0.2, 0) is 10.0 Å². The minimum Gasteiger partial charge on any atom is -0.338 e. The first kappa shape index (κ1) is 20.9. The quantitative estimate of drug-likeness (QED) is 0.769. The van der Waals surface area contributed by atoms with E-state index in [0.29, 0.717) is 24.9 Å². The van der Waals surface area contributed by atoms with E-state index in [1.807, 2.05) is 0 Å². The average Bonchev–Trinajstić information content (AvgIpc) is 3.05. The summed E-state index contributed by atoms with van der Waals surface area (Å²) in [6.07, 6.45) is 4.73. The zero-order chi connectivity index (χ0) is 19.8. The van der Waals surface area contributed by atoms with Gasteiger partial charge in [0.15, 0.2) is 0 Å². The molecule has 0 bridgehead atoms. The van der Waals surface area contributed by atoms with Crippen LogP contribution in [0.25, 0.3) is 0 Å². The number of halogens is 2. The summed E-state index contributed by atoms with van der Waals surface area (Å²) in [7, 11) is -3.81. The Kier molecular flexibility index (Phi) is 6.41. The van der Waals surface area contributed by atoms with Crippen molar-refractivity contribution in [1.82, 2.24) is 9.62 Å². The van der Waals surface area contributed by atoms with Gasteiger partial charge in [0.05, 0.1) is 15.6 Å². The predicted molar refractivity (Wildman–Crippen MR) is 108 cm³/mol. The molecule has 150 valence electrons. The smallest absolute Gasteiger partial charge is 0.255 e. The number of carbonyl (C=O) groups is 1. The van der Waals surface area contributed by atoms with Gasteiger partial charge in [-0.1, -0.05) is 49.9 Å². The molecule has 2 fully saturated rings. The van der Waals surface area contributed by atoms with Gasteiger partial charge in [-0.3, -0.25) is 4.79 Å². The fourth-order valence-electron chi connectivity index (χ4n) is 4.22. The third-order valence-corrected chi connectivity index (χ3v) is 7.67. The molecule has 1 amide bonds. The molecule has 1 aromatic rings. The van der Waals surface area contributed by atoms with Gasteiger partial charge in [0.2, 0.25) is 10.0 Å². The third kappa shape index (κ3) is 4.78. The Balaban J connectivity index is 1.90. The summed E-state index contributed by atoms with van der Waals surface area (Å²) in [4.78, 5) is 14.7. The second-order valence-electron chi connectivity index (χ2n) is 8.02. The minimum absolute atomic E-state index is 0.0300. The van der Waals surface area contributed by atoms with Crippen LogP contribution in [0.15, 0.2) is 17.0 Å². The molecular formula is C19H26Cl2N2O3S. The van der Waals surface area contributed by atoms with E-state index < -0.39 is 10.0 Å². The highest BCUT2D eigenvalue weighted by Gasteiger charge is 2.30. The number of nitrogens with one attached hydrogen (secondary N) is 1. The van der Waals surface area contributed by atoms with Crippen LogP contribution in [0.2, 0.25) is 10.0 Å². The molecule has 3 rings (SSSR count). The number of likely N-dealkylation sites (tertiary alicyclic amines) is 1. The van der Waals surface area contributed by atoms with Crippen molar-refractivity contribution >= 4 is 39.1 Å². The van der Waals surface area contributed by atoms with E-state index in [1.165, 1.54) is 12.1 Å². The van der Waals surface area contributed by atoms with Crippen molar-refractivity contribution in [3.8, 4) is 0 Å². The van der Waals surface area contributed by atoms with Crippen molar-refractivity contribution in [2.24, 2.45) is 11.8 Å². The number of hydrogen-bond acceptors (Lipinski definition) is 3. The van der Waals surface area contributed by atoms with E-state index in [2.05, 4.69) is 18.6 Å². The second-order valence-corrected chi connectivity index (χ2v) is 10.5. The van der Waals surface area contributed by atoms with Crippen LogP contribution in [0.1, 0.15) is 56.3 Å². The van der Waals surface area contributed by atoms with Gasteiger partial charge in [-0.2, -0.15) is 0 Å². The number of hydrogen-bond donors (Lipinski definition) is 1. The summed E-state index contributed by atoms with van der Waals surface area (Å²) in [5.41, 5.74) is 0.189. The van der Waals surface area contributed by atoms with Crippen molar-refractivity contribution in [1.29, 1.82) is 0 Å². The molecule has 1 saturated carbocycles. The van der Waals surface area contributed by atoms with Crippen molar-refractivity contribution in [2.45, 2.75) is 56.9 Å². The van der Waals surface area contributed by atoms with Crippen molar-refractivity contribution in [3.63, 3.8) is 0 Å². The normalized spacial score (nSPS) is 24.4. The molecule has 1 heterocycles. The molecule has 1 saturated heterocycles. The van der Waals surface area contributed by atoms with Gasteiger partial charge in [-0.25, -0.2) is 13.1 Å². The average molecular weight is 433 g/mol. The first-order chi connectivity index (χ1) is 12.7. The Morgan fingerprint density at radius 3 is 2.26 bits per heavy atom. The summed E-state index contributed by atoms with van der Waals surface area (Å²) in [5, 5.41) is 0.207. The van der Waals surface area contributed by atoms with Gasteiger partial charge in [-0.15, -0.1) is 0 Å². The Bertz CT molecular complexity index is 812. The third-order valence-electron chi connectivity index (χ3n) is 5.37. The van der Waals surface area contributed by atoms with Crippen molar-refractivity contribution < 1.29 is 13.2 Å². The van der Waals surface area contributed by atoms with Crippen LogP contribution in [0.4, 0.5) is 0 Å². The fraction of sp³-hybridized carbons (Fsp3) is 0.632. The van der Waals surface area contributed by atoms with Gasteiger partial charge < -0.3 is 4.90 Å². The lowest BCUT2D eigenvalue weighted by Gasteiger charge is -2.35. The predicted octanol–water partition coefficient (Wildman–Crippen LogP) is 4.33. The summed E-state index contributed by atoms with van der Waals surface area (Å²) in [6.45, 7) is 5.51. The Hall–Kier alpha value is -0.820. The minimum atomic E-state index is -3.81. The number of piperidine rings is 1. The molecule has 1 aromatic carbocycles. The van der Waals surface area contributed by atoms with E-state index >= 15 is 0 Å². The van der Waals surface area contributed by atoms with E-state index in [-0.39, 0.29) is 32.5 Å². The topological polar surface area (TPSA) is 66.5 Å². The number of rotatable bonds is 4. The van der Waals surface area contributed by atoms with Crippen LogP contribution in [0, 0.1) is 11.8 Å². The van der Waals surface area contributed by atoms with Crippen LogP contribution in [0.5, 0.6) is 0 Å². The van der Waals surface area contributed by atoms with E-state index in [1.54, 1.807) is 4.90 Å². The first-order valence-corrected chi connectivity index (χ1v) is 11.7. The molecule has 27 heavy (non-hydrogen) atoms. The summed E-state index contributed by atoms with van der Waals surface area (Å²) < 4.78 is 28.3. The molecular weight excluding hydrogens is 407 g/mol. The molecule has 2 aliphatic rings. The largest absolute Gasteiger partial charge is 0.338 e. The van der Waals surface area contributed by atoms with Gasteiger partial charge in [0, 0.05) is 19.1 Å². The number of benzene rings is 1.